The fourth-order valence-corrected chi connectivity index (χ4v) is 1.95. The van der Waals surface area contributed by atoms with Crippen LogP contribution in [0.5, 0.6) is 11.5 Å². The van der Waals surface area contributed by atoms with Crippen molar-refractivity contribution >= 4 is 11.6 Å². The summed E-state index contributed by atoms with van der Waals surface area (Å²) in [5.41, 5.74) is 0.342. The number of amides is 1. The molecule has 0 atom stereocenters. The minimum Gasteiger partial charge on any atom is -0.493 e. The minimum atomic E-state index is -0.373. The van der Waals surface area contributed by atoms with Gasteiger partial charge in [-0.3, -0.25) is 4.79 Å². The standard InChI is InChI=1S/C15H23NO3/c1-6-9-15(2,3)14(17)16-11-7-8-12(18-4)13(10-11)19-5/h7-8,10H,6,9H2,1-5H3,(H,16,17). The molecule has 0 saturated heterocycles. The summed E-state index contributed by atoms with van der Waals surface area (Å²) in [6, 6.07) is 5.35. The number of nitrogens with one attached hydrogen (secondary N) is 1. The zero-order valence-electron chi connectivity index (χ0n) is 12.4. The molecule has 0 radical (unpaired) electrons. The van der Waals surface area contributed by atoms with E-state index in [2.05, 4.69) is 12.2 Å². The lowest BCUT2D eigenvalue weighted by molar-refractivity contribution is -0.124. The molecule has 19 heavy (non-hydrogen) atoms. The normalized spacial score (nSPS) is 11.0. The van der Waals surface area contributed by atoms with Gasteiger partial charge < -0.3 is 14.8 Å². The van der Waals surface area contributed by atoms with Crippen LogP contribution >= 0.6 is 0 Å². The first kappa shape index (κ1) is 15.3. The third-order valence-electron chi connectivity index (χ3n) is 3.13. The molecule has 1 N–H and O–H groups in total. The number of ether oxygens (including phenoxy) is 2. The van der Waals surface area contributed by atoms with Gasteiger partial charge in [-0.25, -0.2) is 0 Å². The van der Waals surface area contributed by atoms with Gasteiger partial charge in [0.1, 0.15) is 0 Å². The first-order chi connectivity index (χ1) is 8.94. The quantitative estimate of drug-likeness (QED) is 0.856. The van der Waals surface area contributed by atoms with Crippen LogP contribution in [0.4, 0.5) is 5.69 Å². The summed E-state index contributed by atoms with van der Waals surface area (Å²) < 4.78 is 10.4. The van der Waals surface area contributed by atoms with E-state index in [4.69, 9.17) is 9.47 Å². The van der Waals surface area contributed by atoms with Gasteiger partial charge in [0.2, 0.25) is 5.91 Å². The van der Waals surface area contributed by atoms with Gasteiger partial charge in [-0.2, -0.15) is 0 Å². The van der Waals surface area contributed by atoms with Crippen molar-refractivity contribution in [2.75, 3.05) is 19.5 Å². The van der Waals surface area contributed by atoms with E-state index in [1.165, 1.54) is 0 Å². The fraction of sp³-hybridized carbons (Fsp3) is 0.533. The van der Waals surface area contributed by atoms with E-state index >= 15 is 0 Å². The second kappa shape index (κ2) is 6.45. The number of rotatable bonds is 6. The molecule has 0 heterocycles. The van der Waals surface area contributed by atoms with Gasteiger partial charge in [0.15, 0.2) is 11.5 Å². The topological polar surface area (TPSA) is 47.6 Å². The molecule has 0 fully saturated rings. The molecule has 0 spiro atoms. The number of hydrogen-bond acceptors (Lipinski definition) is 3. The van der Waals surface area contributed by atoms with Crippen LogP contribution in [0.3, 0.4) is 0 Å². The zero-order chi connectivity index (χ0) is 14.5. The number of hydrogen-bond donors (Lipinski definition) is 1. The van der Waals surface area contributed by atoms with E-state index in [1.54, 1.807) is 32.4 Å². The van der Waals surface area contributed by atoms with Gasteiger partial charge >= 0.3 is 0 Å². The maximum absolute atomic E-state index is 12.2. The van der Waals surface area contributed by atoms with Crippen LogP contribution in [0.15, 0.2) is 18.2 Å². The first-order valence-corrected chi connectivity index (χ1v) is 6.48. The van der Waals surface area contributed by atoms with Gasteiger partial charge in [-0.05, 0) is 18.6 Å². The lowest BCUT2D eigenvalue weighted by Crippen LogP contribution is -2.30. The Kier molecular flexibility index (Phi) is 5.21. The summed E-state index contributed by atoms with van der Waals surface area (Å²) >= 11 is 0. The van der Waals surface area contributed by atoms with Crippen molar-refractivity contribution in [2.45, 2.75) is 33.6 Å². The zero-order valence-corrected chi connectivity index (χ0v) is 12.4. The number of benzene rings is 1. The number of carbonyl (C=O) groups is 1. The lowest BCUT2D eigenvalue weighted by atomic mass is 9.87. The molecule has 0 aliphatic heterocycles. The highest BCUT2D eigenvalue weighted by Gasteiger charge is 2.26. The van der Waals surface area contributed by atoms with Crippen LogP contribution in [0.1, 0.15) is 33.6 Å². The molecule has 1 rings (SSSR count). The molecule has 0 unspecified atom stereocenters. The van der Waals surface area contributed by atoms with Crippen molar-refractivity contribution in [1.82, 2.24) is 0 Å². The van der Waals surface area contributed by atoms with Crippen LogP contribution in [-0.4, -0.2) is 20.1 Å². The summed E-state index contributed by atoms with van der Waals surface area (Å²) in [6.07, 6.45) is 1.83. The maximum atomic E-state index is 12.2. The molecule has 0 saturated carbocycles. The molecule has 1 aromatic rings. The molecule has 0 aliphatic rings. The Bertz CT molecular complexity index is 441. The number of carbonyl (C=O) groups excluding carboxylic acids is 1. The van der Waals surface area contributed by atoms with Crippen LogP contribution in [-0.2, 0) is 4.79 Å². The van der Waals surface area contributed by atoms with Crippen molar-refractivity contribution in [3.05, 3.63) is 18.2 Å². The molecule has 1 amide bonds. The molecule has 0 bridgehead atoms. The predicted molar refractivity (Wildman–Crippen MR) is 76.9 cm³/mol. The van der Waals surface area contributed by atoms with Crippen molar-refractivity contribution < 1.29 is 14.3 Å². The number of anilines is 1. The molecular formula is C15H23NO3. The Morgan fingerprint density at radius 3 is 2.37 bits per heavy atom. The molecule has 0 aromatic heterocycles. The van der Waals surface area contributed by atoms with Gasteiger partial charge in [0.25, 0.3) is 0 Å². The third-order valence-corrected chi connectivity index (χ3v) is 3.13. The second-order valence-electron chi connectivity index (χ2n) is 5.16. The summed E-state index contributed by atoms with van der Waals surface area (Å²) in [6.45, 7) is 5.98. The van der Waals surface area contributed by atoms with Crippen LogP contribution in [0.2, 0.25) is 0 Å². The molecular weight excluding hydrogens is 242 g/mol. The SMILES string of the molecule is CCCC(C)(C)C(=O)Nc1ccc(OC)c(OC)c1. The Labute approximate surface area is 115 Å². The molecule has 4 heteroatoms. The van der Waals surface area contributed by atoms with Crippen LogP contribution < -0.4 is 14.8 Å². The highest BCUT2D eigenvalue weighted by molar-refractivity contribution is 5.95. The molecule has 1 aromatic carbocycles. The summed E-state index contributed by atoms with van der Waals surface area (Å²) in [5, 5.41) is 2.92. The van der Waals surface area contributed by atoms with Crippen molar-refractivity contribution in [3.8, 4) is 11.5 Å². The Morgan fingerprint density at radius 2 is 1.84 bits per heavy atom. The van der Waals surface area contributed by atoms with Crippen molar-refractivity contribution in [1.29, 1.82) is 0 Å². The van der Waals surface area contributed by atoms with E-state index < -0.39 is 0 Å². The Morgan fingerprint density at radius 1 is 1.21 bits per heavy atom. The summed E-state index contributed by atoms with van der Waals surface area (Å²) in [7, 11) is 3.16. The van der Waals surface area contributed by atoms with E-state index in [0.29, 0.717) is 17.2 Å². The predicted octanol–water partition coefficient (Wildman–Crippen LogP) is 3.47. The summed E-state index contributed by atoms with van der Waals surface area (Å²) in [4.78, 5) is 12.2. The van der Waals surface area contributed by atoms with E-state index in [9.17, 15) is 4.79 Å². The highest BCUT2D eigenvalue weighted by atomic mass is 16.5. The highest BCUT2D eigenvalue weighted by Crippen LogP contribution is 2.31. The van der Waals surface area contributed by atoms with Crippen molar-refractivity contribution in [3.63, 3.8) is 0 Å². The van der Waals surface area contributed by atoms with E-state index in [1.807, 2.05) is 13.8 Å². The van der Waals surface area contributed by atoms with Crippen LogP contribution in [0, 0.1) is 5.41 Å². The minimum absolute atomic E-state index is 0.0153. The van der Waals surface area contributed by atoms with Gasteiger partial charge in [0.05, 0.1) is 14.2 Å². The number of methoxy groups -OCH3 is 2. The largest absolute Gasteiger partial charge is 0.493 e. The lowest BCUT2D eigenvalue weighted by Gasteiger charge is -2.23. The fourth-order valence-electron chi connectivity index (χ4n) is 1.95. The van der Waals surface area contributed by atoms with Gasteiger partial charge in [0, 0.05) is 17.2 Å². The Hall–Kier alpha value is -1.71. The van der Waals surface area contributed by atoms with E-state index in [-0.39, 0.29) is 11.3 Å². The average molecular weight is 265 g/mol. The van der Waals surface area contributed by atoms with Gasteiger partial charge in [-0.15, -0.1) is 0 Å². The van der Waals surface area contributed by atoms with E-state index in [0.717, 1.165) is 12.8 Å². The average Bonchev–Trinajstić information content (AvgIpc) is 2.38. The monoisotopic (exact) mass is 265 g/mol. The third kappa shape index (κ3) is 3.88. The van der Waals surface area contributed by atoms with Crippen LogP contribution in [0.25, 0.3) is 0 Å². The smallest absolute Gasteiger partial charge is 0.230 e. The maximum Gasteiger partial charge on any atom is 0.230 e. The second-order valence-corrected chi connectivity index (χ2v) is 5.16. The van der Waals surface area contributed by atoms with Crippen molar-refractivity contribution in [2.24, 2.45) is 5.41 Å². The Balaban J connectivity index is 2.85. The first-order valence-electron chi connectivity index (χ1n) is 6.48. The molecule has 0 aliphatic carbocycles. The molecule has 106 valence electrons. The van der Waals surface area contributed by atoms with Gasteiger partial charge in [-0.1, -0.05) is 27.2 Å². The molecule has 4 nitrogen and oxygen atoms in total. The summed E-state index contributed by atoms with van der Waals surface area (Å²) in [5.74, 6) is 1.27.